The number of hydrogen-bond donors (Lipinski definition) is 1. The number of nitrogens with zero attached hydrogens (tertiary/aromatic N) is 1. The van der Waals surface area contributed by atoms with Crippen LogP contribution in [0.25, 0.3) is 0 Å². The summed E-state index contributed by atoms with van der Waals surface area (Å²) in [6.45, 7) is 2.19. The van der Waals surface area contributed by atoms with Gasteiger partial charge in [0.2, 0.25) is 10.0 Å². The molecule has 168 valence electrons. The highest BCUT2D eigenvalue weighted by molar-refractivity contribution is 7.98. The van der Waals surface area contributed by atoms with E-state index in [0.29, 0.717) is 43.4 Å². The topological polar surface area (TPSA) is 94.2 Å². The summed E-state index contributed by atoms with van der Waals surface area (Å²) in [5, 5.41) is 0. The van der Waals surface area contributed by atoms with Crippen LogP contribution in [-0.2, 0) is 14.8 Å². The van der Waals surface area contributed by atoms with E-state index in [4.69, 9.17) is 14.2 Å². The number of sulfonamides is 1. The van der Waals surface area contributed by atoms with Crippen molar-refractivity contribution in [2.24, 2.45) is 0 Å². The van der Waals surface area contributed by atoms with Crippen LogP contribution in [0.1, 0.15) is 10.4 Å². The van der Waals surface area contributed by atoms with Crippen molar-refractivity contribution in [1.82, 2.24) is 9.62 Å². The average Bonchev–Trinajstić information content (AvgIpc) is 2.82. The molecule has 0 saturated carbocycles. The van der Waals surface area contributed by atoms with Gasteiger partial charge in [-0.05, 0) is 48.7 Å². The summed E-state index contributed by atoms with van der Waals surface area (Å²) in [7, 11) is -2.21. The first kappa shape index (κ1) is 23.4. The van der Waals surface area contributed by atoms with Gasteiger partial charge in [0.15, 0.2) is 0 Å². The zero-order chi connectivity index (χ0) is 22.3. The lowest BCUT2D eigenvalue weighted by Crippen LogP contribution is -2.41. The molecule has 10 heteroatoms. The van der Waals surface area contributed by atoms with E-state index in [0.717, 1.165) is 4.90 Å². The highest BCUT2D eigenvalue weighted by Crippen LogP contribution is 2.25. The third kappa shape index (κ3) is 6.13. The highest BCUT2D eigenvalue weighted by Gasteiger charge is 2.24. The Morgan fingerprint density at radius 1 is 1.13 bits per heavy atom. The minimum Gasteiger partial charge on any atom is -0.497 e. The maximum absolute atomic E-state index is 12.9. The van der Waals surface area contributed by atoms with Crippen LogP contribution in [0.2, 0.25) is 0 Å². The molecule has 0 radical (unpaired) electrons. The fourth-order valence-corrected chi connectivity index (χ4v) is 4.67. The van der Waals surface area contributed by atoms with E-state index >= 15 is 0 Å². The Bertz CT molecular complexity index is 989. The third-order valence-electron chi connectivity index (χ3n) is 4.73. The number of morpholine rings is 1. The van der Waals surface area contributed by atoms with Crippen molar-refractivity contribution in [2.45, 2.75) is 9.79 Å². The fraction of sp³-hybridized carbons (Fsp3) is 0.381. The standard InChI is InChI=1S/C21H26N2O6S2/c1-27-16-3-5-17(6-4-16)29-12-9-22-31(25,26)18-7-8-20(30-2)19(15-18)21(24)23-10-13-28-14-11-23/h3-8,15,22H,9-14H2,1-2H3. The molecular weight excluding hydrogens is 440 g/mol. The number of ether oxygens (including phenoxy) is 3. The van der Waals surface area contributed by atoms with Gasteiger partial charge < -0.3 is 19.1 Å². The summed E-state index contributed by atoms with van der Waals surface area (Å²) < 4.78 is 43.9. The summed E-state index contributed by atoms with van der Waals surface area (Å²) in [6.07, 6.45) is 1.86. The van der Waals surface area contributed by atoms with E-state index < -0.39 is 10.0 Å². The second-order valence-electron chi connectivity index (χ2n) is 6.69. The first-order valence-electron chi connectivity index (χ1n) is 9.76. The van der Waals surface area contributed by atoms with Crippen molar-refractivity contribution in [2.75, 3.05) is 52.8 Å². The number of nitrogens with one attached hydrogen (secondary N) is 1. The van der Waals surface area contributed by atoms with Crippen LogP contribution in [0.5, 0.6) is 11.5 Å². The molecule has 1 heterocycles. The summed E-state index contributed by atoms with van der Waals surface area (Å²) in [5.74, 6) is 1.14. The third-order valence-corrected chi connectivity index (χ3v) is 6.99. The molecule has 0 aromatic heterocycles. The van der Waals surface area contributed by atoms with E-state index in [2.05, 4.69) is 4.72 Å². The van der Waals surface area contributed by atoms with Crippen molar-refractivity contribution in [1.29, 1.82) is 0 Å². The first-order chi connectivity index (χ1) is 14.9. The van der Waals surface area contributed by atoms with E-state index in [1.54, 1.807) is 42.3 Å². The van der Waals surface area contributed by atoms with Gasteiger partial charge in [-0.15, -0.1) is 11.8 Å². The Morgan fingerprint density at radius 3 is 2.45 bits per heavy atom. The van der Waals surface area contributed by atoms with Gasteiger partial charge in [0, 0.05) is 24.5 Å². The Morgan fingerprint density at radius 2 is 1.81 bits per heavy atom. The second-order valence-corrected chi connectivity index (χ2v) is 9.30. The van der Waals surface area contributed by atoms with E-state index in [1.807, 2.05) is 6.26 Å². The van der Waals surface area contributed by atoms with Crippen molar-refractivity contribution < 1.29 is 27.4 Å². The van der Waals surface area contributed by atoms with Crippen LogP contribution >= 0.6 is 11.8 Å². The largest absolute Gasteiger partial charge is 0.497 e. The second kappa shape index (κ2) is 10.9. The molecule has 3 rings (SSSR count). The van der Waals surface area contributed by atoms with Gasteiger partial charge in [0.25, 0.3) is 5.91 Å². The van der Waals surface area contributed by atoms with Gasteiger partial charge in [0.05, 0.1) is 30.8 Å². The van der Waals surface area contributed by atoms with Gasteiger partial charge >= 0.3 is 0 Å². The van der Waals surface area contributed by atoms with E-state index in [1.165, 1.54) is 23.9 Å². The predicted molar refractivity (Wildman–Crippen MR) is 119 cm³/mol. The number of benzene rings is 2. The van der Waals surface area contributed by atoms with E-state index in [9.17, 15) is 13.2 Å². The Balaban J connectivity index is 1.64. The summed E-state index contributed by atoms with van der Waals surface area (Å²) in [4.78, 5) is 15.4. The summed E-state index contributed by atoms with van der Waals surface area (Å²) in [5.41, 5.74) is 0.381. The number of rotatable bonds is 9. The number of methoxy groups -OCH3 is 1. The minimum atomic E-state index is -3.79. The van der Waals surface area contributed by atoms with Crippen LogP contribution in [0.4, 0.5) is 0 Å². The molecule has 1 saturated heterocycles. The molecule has 0 bridgehead atoms. The molecular formula is C21H26N2O6S2. The van der Waals surface area contributed by atoms with Crippen LogP contribution < -0.4 is 14.2 Å². The van der Waals surface area contributed by atoms with Crippen molar-refractivity contribution in [3.05, 3.63) is 48.0 Å². The molecule has 1 aliphatic rings. The lowest BCUT2D eigenvalue weighted by atomic mass is 10.2. The number of carbonyl (C=O) groups is 1. The van der Waals surface area contributed by atoms with Crippen molar-refractivity contribution in [3.8, 4) is 11.5 Å². The SMILES string of the molecule is COc1ccc(OCCNS(=O)(=O)c2ccc(SC)c(C(=O)N3CCOCC3)c2)cc1. The molecule has 2 aromatic rings. The van der Waals surface area contributed by atoms with Crippen LogP contribution in [0.15, 0.2) is 52.3 Å². The highest BCUT2D eigenvalue weighted by atomic mass is 32.2. The molecule has 1 aliphatic heterocycles. The molecule has 0 unspecified atom stereocenters. The molecule has 8 nitrogen and oxygen atoms in total. The number of amides is 1. The Hall–Kier alpha value is -2.27. The normalized spacial score (nSPS) is 14.3. The molecule has 0 spiro atoms. The minimum absolute atomic E-state index is 0.0476. The molecule has 1 N–H and O–H groups in total. The van der Waals surface area contributed by atoms with Gasteiger partial charge in [-0.25, -0.2) is 13.1 Å². The van der Waals surface area contributed by atoms with Crippen molar-refractivity contribution in [3.63, 3.8) is 0 Å². The summed E-state index contributed by atoms with van der Waals surface area (Å²) in [6, 6.07) is 11.6. The average molecular weight is 467 g/mol. The predicted octanol–water partition coefficient (Wildman–Crippen LogP) is 2.25. The Kier molecular flexibility index (Phi) is 8.19. The maximum Gasteiger partial charge on any atom is 0.255 e. The lowest BCUT2D eigenvalue weighted by molar-refractivity contribution is 0.0300. The van der Waals surface area contributed by atoms with Gasteiger partial charge in [-0.2, -0.15) is 0 Å². The smallest absolute Gasteiger partial charge is 0.255 e. The van der Waals surface area contributed by atoms with Gasteiger partial charge in [0.1, 0.15) is 18.1 Å². The summed E-state index contributed by atoms with van der Waals surface area (Å²) >= 11 is 1.41. The van der Waals surface area contributed by atoms with E-state index in [-0.39, 0.29) is 24.0 Å². The molecule has 1 fully saturated rings. The molecule has 31 heavy (non-hydrogen) atoms. The number of hydrogen-bond acceptors (Lipinski definition) is 7. The maximum atomic E-state index is 12.9. The van der Waals surface area contributed by atoms with Crippen molar-refractivity contribution >= 4 is 27.7 Å². The van der Waals surface area contributed by atoms with Gasteiger partial charge in [-0.1, -0.05) is 0 Å². The fourth-order valence-electron chi connectivity index (χ4n) is 3.06. The zero-order valence-corrected chi connectivity index (χ0v) is 19.1. The quantitative estimate of drug-likeness (QED) is 0.447. The number of thioether (sulfide) groups is 1. The van der Waals surface area contributed by atoms with Crippen LogP contribution in [-0.4, -0.2) is 72.0 Å². The molecule has 2 aromatic carbocycles. The molecule has 0 atom stereocenters. The number of carbonyl (C=O) groups excluding carboxylic acids is 1. The zero-order valence-electron chi connectivity index (χ0n) is 17.5. The monoisotopic (exact) mass is 466 g/mol. The van der Waals surface area contributed by atoms with Gasteiger partial charge in [-0.3, -0.25) is 4.79 Å². The van der Waals surface area contributed by atoms with Crippen LogP contribution in [0, 0.1) is 0 Å². The Labute approximate surface area is 186 Å². The lowest BCUT2D eigenvalue weighted by Gasteiger charge is -2.27. The molecule has 1 amide bonds. The first-order valence-corrected chi connectivity index (χ1v) is 12.5. The van der Waals surface area contributed by atoms with Crippen LogP contribution in [0.3, 0.4) is 0 Å². The molecule has 0 aliphatic carbocycles.